The van der Waals surface area contributed by atoms with Gasteiger partial charge in [-0.2, -0.15) is 0 Å². The van der Waals surface area contributed by atoms with Crippen molar-refractivity contribution in [3.8, 4) is 16.9 Å². The van der Waals surface area contributed by atoms with Gasteiger partial charge in [0.1, 0.15) is 11.4 Å². The number of hydrogen-bond donors (Lipinski definition) is 1. The summed E-state index contributed by atoms with van der Waals surface area (Å²) in [5.41, 5.74) is 3.68. The number of nitrogens with one attached hydrogen (secondary N) is 1. The lowest BCUT2D eigenvalue weighted by atomic mass is 10.1. The van der Waals surface area contributed by atoms with E-state index in [0.29, 0.717) is 12.2 Å². The third-order valence-corrected chi connectivity index (χ3v) is 4.00. The van der Waals surface area contributed by atoms with Crippen LogP contribution in [-0.4, -0.2) is 21.6 Å². The highest BCUT2D eigenvalue weighted by atomic mass is 16.5. The lowest BCUT2D eigenvalue weighted by molar-refractivity contribution is 0.0943. The average molecular weight is 349 g/mol. The van der Waals surface area contributed by atoms with Crippen molar-refractivity contribution in [3.63, 3.8) is 0 Å². The molecule has 0 saturated carbocycles. The number of benzene rings is 1. The number of aromatic nitrogens is 2. The molecule has 134 valence electrons. The van der Waals surface area contributed by atoms with Crippen LogP contribution in [0, 0.1) is 0 Å². The van der Waals surface area contributed by atoms with E-state index in [-0.39, 0.29) is 12.0 Å². The molecule has 5 heteroatoms. The van der Waals surface area contributed by atoms with Gasteiger partial charge in [-0.25, -0.2) is 0 Å². The lowest BCUT2D eigenvalue weighted by Gasteiger charge is -2.10. The highest BCUT2D eigenvalue weighted by Crippen LogP contribution is 2.21. The van der Waals surface area contributed by atoms with Gasteiger partial charge in [-0.05, 0) is 55.3 Å². The molecular weight excluding hydrogens is 326 g/mol. The fraction of sp³-hybridized carbons (Fsp3) is 0.238. The molecule has 26 heavy (non-hydrogen) atoms. The first kappa shape index (κ1) is 17.7. The number of amides is 1. The Morgan fingerprint density at radius 3 is 2.46 bits per heavy atom. The minimum absolute atomic E-state index is 0.102. The summed E-state index contributed by atoms with van der Waals surface area (Å²) >= 11 is 0. The molecule has 1 aromatic carbocycles. The topological polar surface area (TPSA) is 56.1 Å². The molecule has 0 unspecified atom stereocenters. The van der Waals surface area contributed by atoms with Crippen LogP contribution in [0.25, 0.3) is 11.1 Å². The monoisotopic (exact) mass is 349 g/mol. The third-order valence-electron chi connectivity index (χ3n) is 4.00. The standard InChI is InChI=1S/C21H23N3O2/c1-15(2)26-19-6-4-16(5-7-19)13-23-21(25)20-12-18(14-24(20)3)17-8-10-22-11-9-17/h4-12,14-15H,13H2,1-3H3,(H,23,25). The average Bonchev–Trinajstić information content (AvgIpc) is 3.03. The molecule has 3 rings (SSSR count). The first-order chi connectivity index (χ1) is 12.5. The number of carbonyl (C=O) groups is 1. The summed E-state index contributed by atoms with van der Waals surface area (Å²) in [6, 6.07) is 13.5. The van der Waals surface area contributed by atoms with Crippen molar-refractivity contribution in [1.29, 1.82) is 0 Å². The molecule has 0 aliphatic carbocycles. The molecule has 0 spiro atoms. The Morgan fingerprint density at radius 1 is 1.12 bits per heavy atom. The molecular formula is C21H23N3O2. The molecule has 0 aliphatic heterocycles. The van der Waals surface area contributed by atoms with Gasteiger partial charge in [0.25, 0.3) is 5.91 Å². The second kappa shape index (κ2) is 7.87. The van der Waals surface area contributed by atoms with Crippen LogP contribution in [0.1, 0.15) is 29.9 Å². The highest BCUT2D eigenvalue weighted by molar-refractivity contribution is 5.94. The van der Waals surface area contributed by atoms with E-state index < -0.39 is 0 Å². The minimum Gasteiger partial charge on any atom is -0.491 e. The zero-order valence-electron chi connectivity index (χ0n) is 15.3. The molecule has 0 aliphatic rings. The summed E-state index contributed by atoms with van der Waals surface area (Å²) in [5.74, 6) is 0.731. The number of rotatable bonds is 6. The Hall–Kier alpha value is -3.08. The Labute approximate surface area is 153 Å². The second-order valence-corrected chi connectivity index (χ2v) is 6.45. The zero-order valence-corrected chi connectivity index (χ0v) is 15.3. The van der Waals surface area contributed by atoms with Crippen LogP contribution < -0.4 is 10.1 Å². The molecule has 0 atom stereocenters. The van der Waals surface area contributed by atoms with Crippen LogP contribution in [0.2, 0.25) is 0 Å². The van der Waals surface area contributed by atoms with Gasteiger partial charge in [-0.3, -0.25) is 9.78 Å². The van der Waals surface area contributed by atoms with Crippen LogP contribution >= 0.6 is 0 Å². The normalized spacial score (nSPS) is 10.8. The largest absolute Gasteiger partial charge is 0.491 e. The van der Waals surface area contributed by atoms with Gasteiger partial charge in [0.2, 0.25) is 0 Å². The van der Waals surface area contributed by atoms with Gasteiger partial charge < -0.3 is 14.6 Å². The van der Waals surface area contributed by atoms with E-state index in [0.717, 1.165) is 22.4 Å². The maximum absolute atomic E-state index is 12.5. The van der Waals surface area contributed by atoms with Crippen LogP contribution in [0.4, 0.5) is 0 Å². The molecule has 3 aromatic rings. The lowest BCUT2D eigenvalue weighted by Crippen LogP contribution is -2.24. The molecule has 5 nitrogen and oxygen atoms in total. The Bertz CT molecular complexity index is 868. The summed E-state index contributed by atoms with van der Waals surface area (Å²) in [6.07, 6.45) is 5.58. The van der Waals surface area contributed by atoms with E-state index in [4.69, 9.17) is 4.74 Å². The van der Waals surface area contributed by atoms with Gasteiger partial charge >= 0.3 is 0 Å². The van der Waals surface area contributed by atoms with Gasteiger partial charge in [0.15, 0.2) is 0 Å². The number of nitrogens with zero attached hydrogens (tertiary/aromatic N) is 2. The van der Waals surface area contributed by atoms with E-state index in [2.05, 4.69) is 10.3 Å². The van der Waals surface area contributed by atoms with E-state index in [1.165, 1.54) is 0 Å². The summed E-state index contributed by atoms with van der Waals surface area (Å²) in [6.45, 7) is 4.46. The van der Waals surface area contributed by atoms with Crippen LogP contribution in [0.15, 0.2) is 61.1 Å². The van der Waals surface area contributed by atoms with Gasteiger partial charge in [-0.1, -0.05) is 12.1 Å². The summed E-state index contributed by atoms with van der Waals surface area (Å²) < 4.78 is 7.47. The maximum Gasteiger partial charge on any atom is 0.268 e. The molecule has 2 heterocycles. The Morgan fingerprint density at radius 2 is 1.81 bits per heavy atom. The van der Waals surface area contributed by atoms with Crippen LogP contribution in [-0.2, 0) is 13.6 Å². The molecule has 2 aromatic heterocycles. The van der Waals surface area contributed by atoms with E-state index in [1.54, 1.807) is 12.4 Å². The number of carbonyl (C=O) groups excluding carboxylic acids is 1. The van der Waals surface area contributed by atoms with E-state index in [1.807, 2.05) is 74.1 Å². The first-order valence-electron chi connectivity index (χ1n) is 8.63. The Kier molecular flexibility index (Phi) is 5.37. The maximum atomic E-state index is 12.5. The number of ether oxygens (including phenoxy) is 1. The summed E-state index contributed by atoms with van der Waals surface area (Å²) in [5, 5.41) is 2.97. The zero-order chi connectivity index (χ0) is 18.5. The van der Waals surface area contributed by atoms with Crippen molar-refractivity contribution in [1.82, 2.24) is 14.9 Å². The quantitative estimate of drug-likeness (QED) is 0.736. The molecule has 1 N–H and O–H groups in total. The Balaban J connectivity index is 1.64. The third kappa shape index (κ3) is 4.30. The van der Waals surface area contributed by atoms with E-state index >= 15 is 0 Å². The second-order valence-electron chi connectivity index (χ2n) is 6.45. The van der Waals surface area contributed by atoms with Gasteiger partial charge in [0.05, 0.1) is 6.10 Å². The number of hydrogen-bond acceptors (Lipinski definition) is 3. The number of aryl methyl sites for hydroxylation is 1. The van der Waals surface area contributed by atoms with Crippen molar-refractivity contribution >= 4 is 5.91 Å². The smallest absolute Gasteiger partial charge is 0.268 e. The molecule has 0 saturated heterocycles. The predicted molar refractivity (Wildman–Crippen MR) is 102 cm³/mol. The molecule has 1 amide bonds. The molecule has 0 bridgehead atoms. The molecule has 0 radical (unpaired) electrons. The number of pyridine rings is 1. The van der Waals surface area contributed by atoms with Crippen molar-refractivity contribution in [2.45, 2.75) is 26.5 Å². The minimum atomic E-state index is -0.102. The van der Waals surface area contributed by atoms with E-state index in [9.17, 15) is 4.79 Å². The van der Waals surface area contributed by atoms with Crippen molar-refractivity contribution in [3.05, 3.63) is 72.3 Å². The highest BCUT2D eigenvalue weighted by Gasteiger charge is 2.12. The summed E-state index contributed by atoms with van der Waals surface area (Å²) in [7, 11) is 1.87. The fourth-order valence-corrected chi connectivity index (χ4v) is 2.72. The van der Waals surface area contributed by atoms with Crippen LogP contribution in [0.5, 0.6) is 5.75 Å². The van der Waals surface area contributed by atoms with Crippen LogP contribution in [0.3, 0.4) is 0 Å². The van der Waals surface area contributed by atoms with Crippen molar-refractivity contribution in [2.24, 2.45) is 7.05 Å². The SMILES string of the molecule is CC(C)Oc1ccc(CNC(=O)c2cc(-c3ccncc3)cn2C)cc1. The summed E-state index contributed by atoms with van der Waals surface area (Å²) in [4.78, 5) is 16.6. The molecule has 0 fully saturated rings. The van der Waals surface area contributed by atoms with Gasteiger partial charge in [0, 0.05) is 37.7 Å². The van der Waals surface area contributed by atoms with Crippen molar-refractivity contribution < 1.29 is 9.53 Å². The van der Waals surface area contributed by atoms with Crippen molar-refractivity contribution in [2.75, 3.05) is 0 Å². The van der Waals surface area contributed by atoms with Gasteiger partial charge in [-0.15, -0.1) is 0 Å². The first-order valence-corrected chi connectivity index (χ1v) is 8.63. The fourth-order valence-electron chi connectivity index (χ4n) is 2.72. The predicted octanol–water partition coefficient (Wildman–Crippen LogP) is 3.80.